The van der Waals surface area contributed by atoms with Crippen molar-refractivity contribution in [3.63, 3.8) is 0 Å². The van der Waals surface area contributed by atoms with Crippen molar-refractivity contribution < 1.29 is 19.1 Å². The molecule has 27 heavy (non-hydrogen) atoms. The molecule has 3 rings (SSSR count). The van der Waals surface area contributed by atoms with Gasteiger partial charge in [-0.05, 0) is 43.9 Å². The zero-order chi connectivity index (χ0) is 19.2. The van der Waals surface area contributed by atoms with Gasteiger partial charge in [-0.2, -0.15) is 0 Å². The number of likely N-dealkylation sites (tertiary alicyclic amines) is 1. The summed E-state index contributed by atoms with van der Waals surface area (Å²) in [7, 11) is 3.28. The molecule has 2 fully saturated rings. The second kappa shape index (κ2) is 9.08. The molecule has 1 saturated heterocycles. The second-order valence-corrected chi connectivity index (χ2v) is 7.18. The van der Waals surface area contributed by atoms with Crippen LogP contribution in [0.3, 0.4) is 0 Å². The first kappa shape index (κ1) is 19.5. The average Bonchev–Trinajstić information content (AvgIpc) is 3.39. The van der Waals surface area contributed by atoms with E-state index in [2.05, 4.69) is 10.2 Å². The Hall–Kier alpha value is -2.28. The summed E-state index contributed by atoms with van der Waals surface area (Å²) in [6.45, 7) is 2.58. The largest absolute Gasteiger partial charge is 0.497 e. The minimum Gasteiger partial charge on any atom is -0.497 e. The van der Waals surface area contributed by atoms with Crippen molar-refractivity contribution in [2.24, 2.45) is 0 Å². The number of benzene rings is 1. The number of hydrogen-bond donors (Lipinski definition) is 1. The van der Waals surface area contributed by atoms with Gasteiger partial charge in [0.15, 0.2) is 0 Å². The highest BCUT2D eigenvalue weighted by atomic mass is 16.5. The van der Waals surface area contributed by atoms with E-state index in [9.17, 15) is 9.59 Å². The van der Waals surface area contributed by atoms with Crippen molar-refractivity contribution >= 4 is 11.8 Å². The second-order valence-electron chi connectivity index (χ2n) is 7.18. The smallest absolute Gasteiger partial charge is 0.241 e. The van der Waals surface area contributed by atoms with Gasteiger partial charge in [-0.1, -0.05) is 0 Å². The molecule has 0 unspecified atom stereocenters. The number of nitrogens with zero attached hydrogens (tertiary/aromatic N) is 2. The summed E-state index contributed by atoms with van der Waals surface area (Å²) >= 11 is 0. The Balaban J connectivity index is 1.56. The highest BCUT2D eigenvalue weighted by Gasteiger charge is 2.31. The zero-order valence-corrected chi connectivity index (χ0v) is 16.2. The first-order chi connectivity index (χ1) is 13.1. The van der Waals surface area contributed by atoms with E-state index in [4.69, 9.17) is 9.47 Å². The number of ether oxygens (including phenoxy) is 2. The molecule has 148 valence electrons. The summed E-state index contributed by atoms with van der Waals surface area (Å²) in [6, 6.07) is 6.10. The van der Waals surface area contributed by atoms with Gasteiger partial charge >= 0.3 is 0 Å². The van der Waals surface area contributed by atoms with Gasteiger partial charge in [0.1, 0.15) is 11.5 Å². The van der Waals surface area contributed by atoms with Gasteiger partial charge in [0.2, 0.25) is 11.8 Å². The molecular formula is C20H29N3O4. The predicted molar refractivity (Wildman–Crippen MR) is 102 cm³/mol. The molecule has 1 saturated carbocycles. The van der Waals surface area contributed by atoms with Gasteiger partial charge in [0, 0.05) is 31.2 Å². The SMILES string of the molecule is COc1ccc(OC)c(CN(CC(=O)NCC(=O)N2CCCC2)C2CC2)c1. The number of amides is 2. The summed E-state index contributed by atoms with van der Waals surface area (Å²) in [4.78, 5) is 28.5. The van der Waals surface area contributed by atoms with E-state index in [1.54, 1.807) is 14.2 Å². The van der Waals surface area contributed by atoms with Crippen molar-refractivity contribution in [2.45, 2.75) is 38.3 Å². The van der Waals surface area contributed by atoms with Gasteiger partial charge in [0.25, 0.3) is 0 Å². The Bertz CT molecular complexity index is 669. The van der Waals surface area contributed by atoms with E-state index in [0.717, 1.165) is 55.8 Å². The Labute approximate surface area is 160 Å². The zero-order valence-electron chi connectivity index (χ0n) is 16.2. The molecular weight excluding hydrogens is 346 g/mol. The molecule has 1 heterocycles. The number of carbonyl (C=O) groups excluding carboxylic acids is 2. The minimum absolute atomic E-state index is 0.00767. The van der Waals surface area contributed by atoms with E-state index in [1.807, 2.05) is 23.1 Å². The fourth-order valence-electron chi connectivity index (χ4n) is 3.47. The van der Waals surface area contributed by atoms with Crippen molar-refractivity contribution in [1.29, 1.82) is 0 Å². The lowest BCUT2D eigenvalue weighted by Gasteiger charge is -2.23. The lowest BCUT2D eigenvalue weighted by atomic mass is 10.1. The van der Waals surface area contributed by atoms with Crippen molar-refractivity contribution in [1.82, 2.24) is 15.1 Å². The maximum Gasteiger partial charge on any atom is 0.241 e. The highest BCUT2D eigenvalue weighted by Crippen LogP contribution is 2.31. The molecule has 1 N–H and O–H groups in total. The topological polar surface area (TPSA) is 71.1 Å². The number of hydrogen-bond acceptors (Lipinski definition) is 5. The number of nitrogens with one attached hydrogen (secondary N) is 1. The fourth-order valence-corrected chi connectivity index (χ4v) is 3.47. The van der Waals surface area contributed by atoms with Crippen LogP contribution in [0.4, 0.5) is 0 Å². The third-order valence-corrected chi connectivity index (χ3v) is 5.17. The average molecular weight is 375 g/mol. The Morgan fingerprint density at radius 3 is 2.56 bits per heavy atom. The number of rotatable bonds is 9. The van der Waals surface area contributed by atoms with Crippen LogP contribution in [0.15, 0.2) is 18.2 Å². The van der Waals surface area contributed by atoms with Gasteiger partial charge in [-0.25, -0.2) is 0 Å². The number of carbonyl (C=O) groups is 2. The van der Waals surface area contributed by atoms with Crippen LogP contribution < -0.4 is 14.8 Å². The summed E-state index contributed by atoms with van der Waals surface area (Å²) < 4.78 is 10.8. The van der Waals surface area contributed by atoms with E-state index >= 15 is 0 Å². The minimum atomic E-state index is -0.115. The fraction of sp³-hybridized carbons (Fsp3) is 0.600. The standard InChI is InChI=1S/C20H29N3O4/c1-26-17-7-8-18(27-2)15(11-17)13-23(16-5-6-16)14-19(24)21-12-20(25)22-9-3-4-10-22/h7-8,11,16H,3-6,9-10,12-14H2,1-2H3,(H,21,24). The van der Waals surface area contributed by atoms with Crippen LogP contribution in [0.1, 0.15) is 31.2 Å². The maximum atomic E-state index is 12.4. The third-order valence-electron chi connectivity index (χ3n) is 5.17. The maximum absolute atomic E-state index is 12.4. The molecule has 0 bridgehead atoms. The van der Waals surface area contributed by atoms with Crippen molar-refractivity contribution in [3.05, 3.63) is 23.8 Å². The molecule has 2 amide bonds. The molecule has 0 aromatic heterocycles. The molecule has 7 nitrogen and oxygen atoms in total. The van der Waals surface area contributed by atoms with Crippen LogP contribution in [0, 0.1) is 0 Å². The van der Waals surface area contributed by atoms with Gasteiger partial charge in [0.05, 0.1) is 27.3 Å². The predicted octanol–water partition coefficient (Wildman–Crippen LogP) is 1.41. The van der Waals surface area contributed by atoms with Crippen LogP contribution >= 0.6 is 0 Å². The molecule has 1 aromatic rings. The third kappa shape index (κ3) is 5.35. The van der Waals surface area contributed by atoms with Crippen LogP contribution in [-0.2, 0) is 16.1 Å². The normalized spacial score (nSPS) is 16.5. The molecule has 7 heteroatoms. The van der Waals surface area contributed by atoms with Gasteiger partial charge < -0.3 is 19.7 Å². The molecule has 1 aromatic carbocycles. The Morgan fingerprint density at radius 2 is 1.93 bits per heavy atom. The number of methoxy groups -OCH3 is 2. The first-order valence-corrected chi connectivity index (χ1v) is 9.60. The Kier molecular flexibility index (Phi) is 6.55. The summed E-state index contributed by atoms with van der Waals surface area (Å²) in [5, 5.41) is 2.78. The van der Waals surface area contributed by atoms with E-state index < -0.39 is 0 Å². The quantitative estimate of drug-likeness (QED) is 0.707. The molecule has 1 aliphatic heterocycles. The Morgan fingerprint density at radius 1 is 1.19 bits per heavy atom. The van der Waals surface area contributed by atoms with Crippen LogP contribution in [0.25, 0.3) is 0 Å². The van der Waals surface area contributed by atoms with E-state index in [1.165, 1.54) is 0 Å². The molecule has 0 atom stereocenters. The molecule has 2 aliphatic rings. The summed E-state index contributed by atoms with van der Waals surface area (Å²) in [6.07, 6.45) is 4.29. The molecule has 0 spiro atoms. The monoisotopic (exact) mass is 375 g/mol. The van der Waals surface area contributed by atoms with Crippen molar-refractivity contribution in [2.75, 3.05) is 40.4 Å². The lowest BCUT2D eigenvalue weighted by Crippen LogP contribution is -2.43. The van der Waals surface area contributed by atoms with Crippen LogP contribution in [-0.4, -0.2) is 68.1 Å². The van der Waals surface area contributed by atoms with E-state index in [0.29, 0.717) is 12.6 Å². The molecule has 1 aliphatic carbocycles. The van der Waals surface area contributed by atoms with Gasteiger partial charge in [-0.15, -0.1) is 0 Å². The van der Waals surface area contributed by atoms with Crippen LogP contribution in [0.5, 0.6) is 11.5 Å². The van der Waals surface area contributed by atoms with Crippen molar-refractivity contribution in [3.8, 4) is 11.5 Å². The van der Waals surface area contributed by atoms with Gasteiger partial charge in [-0.3, -0.25) is 14.5 Å². The van der Waals surface area contributed by atoms with E-state index in [-0.39, 0.29) is 24.9 Å². The van der Waals surface area contributed by atoms with Crippen LogP contribution in [0.2, 0.25) is 0 Å². The lowest BCUT2D eigenvalue weighted by molar-refractivity contribution is -0.132. The first-order valence-electron chi connectivity index (χ1n) is 9.60. The summed E-state index contributed by atoms with van der Waals surface area (Å²) in [5.41, 5.74) is 0.990. The highest BCUT2D eigenvalue weighted by molar-refractivity contribution is 5.85. The summed E-state index contributed by atoms with van der Waals surface area (Å²) in [5.74, 6) is 1.44. The molecule has 0 radical (unpaired) electrons.